The molecule has 1 saturated heterocycles. The first-order chi connectivity index (χ1) is 8.86. The van der Waals surface area contributed by atoms with Crippen LogP contribution in [0.3, 0.4) is 0 Å². The molecule has 0 amide bonds. The van der Waals surface area contributed by atoms with Crippen LogP contribution < -0.4 is 11.2 Å². The molecule has 5 N–H and O–H groups in total. The molecule has 2 rings (SSSR count). The van der Waals surface area contributed by atoms with Crippen molar-refractivity contribution in [1.82, 2.24) is 9.77 Å². The predicted molar refractivity (Wildman–Crippen MR) is 57.8 cm³/mol. The summed E-state index contributed by atoms with van der Waals surface area (Å²) < 4.78 is 16.5. The lowest BCUT2D eigenvalue weighted by molar-refractivity contribution is -0.132. The minimum absolute atomic E-state index is 0.207. The highest BCUT2D eigenvalue weighted by atomic mass is 19.2. The lowest BCUT2D eigenvalue weighted by Crippen LogP contribution is -2.33. The number of halogens is 1. The van der Waals surface area contributed by atoms with Crippen molar-refractivity contribution in [2.45, 2.75) is 24.6 Å². The Balaban J connectivity index is 0.000000191. The van der Waals surface area contributed by atoms with Crippen molar-refractivity contribution < 1.29 is 29.6 Å². The second kappa shape index (κ2) is 6.54. The average molecular weight is 280 g/mol. The van der Waals surface area contributed by atoms with Gasteiger partial charge in [0, 0.05) is 12.3 Å². The highest BCUT2D eigenvalue weighted by Crippen LogP contribution is 2.18. The van der Waals surface area contributed by atoms with Crippen LogP contribution in [0.4, 0.5) is 4.48 Å². The molecule has 9 nitrogen and oxygen atoms in total. The highest BCUT2D eigenvalue weighted by molar-refractivity contribution is 4.84. The summed E-state index contributed by atoms with van der Waals surface area (Å²) in [6, 6.07) is 0.918. The average Bonchev–Trinajstić information content (AvgIpc) is 2.62. The molecule has 1 aromatic heterocycles. The first-order valence-electron chi connectivity index (χ1n) is 5.15. The van der Waals surface area contributed by atoms with Crippen molar-refractivity contribution in [2.75, 3.05) is 6.61 Å². The standard InChI is InChI=1S/C5H10O5.C4H3FN2O2/c6-1-2-3(7)4(8)5(9)10-2;5-7-2-1-3(8)6-4(7)9/h2-9H,1H2;1-2H,(H,6,8,9)/t2-,3-,4+,5?;/m1./s1. The quantitative estimate of drug-likeness (QED) is 0.362. The fraction of sp³-hybridized carbons (Fsp3) is 0.556. The summed E-state index contributed by atoms with van der Waals surface area (Å²) in [6.07, 6.45) is -4.00. The molecule has 19 heavy (non-hydrogen) atoms. The SMILES string of the molecule is O=c1ccn(F)c(=O)[nH]1.OC[C@H]1OC(O)[C@@H](O)[C@@H]1O. The second-order valence-corrected chi connectivity index (χ2v) is 3.65. The summed E-state index contributed by atoms with van der Waals surface area (Å²) in [7, 11) is 0. The van der Waals surface area contributed by atoms with Gasteiger partial charge in [-0.2, -0.15) is 0 Å². The molecule has 10 heteroatoms. The minimum Gasteiger partial charge on any atom is -0.394 e. The van der Waals surface area contributed by atoms with Crippen molar-refractivity contribution in [3.05, 3.63) is 33.1 Å². The Bertz CT molecular complexity index is 516. The molecule has 1 aromatic rings. The van der Waals surface area contributed by atoms with E-state index in [9.17, 15) is 14.1 Å². The molecule has 0 saturated carbocycles. The summed E-state index contributed by atoms with van der Waals surface area (Å²) in [6.45, 7) is -0.407. The maximum atomic E-state index is 11.9. The minimum atomic E-state index is -1.38. The van der Waals surface area contributed by atoms with Gasteiger partial charge in [0.1, 0.15) is 18.3 Å². The van der Waals surface area contributed by atoms with Crippen molar-refractivity contribution >= 4 is 0 Å². The third-order valence-electron chi connectivity index (χ3n) is 2.30. The molecule has 1 fully saturated rings. The molecule has 1 aliphatic rings. The summed E-state index contributed by atoms with van der Waals surface area (Å²) >= 11 is 0. The molecule has 0 bridgehead atoms. The molecular formula is C9H13FN2O7. The van der Waals surface area contributed by atoms with Gasteiger partial charge in [0.25, 0.3) is 5.56 Å². The van der Waals surface area contributed by atoms with E-state index in [-0.39, 0.29) is 4.79 Å². The van der Waals surface area contributed by atoms with Gasteiger partial charge in [-0.25, -0.2) is 4.79 Å². The number of aromatic amines is 1. The summed E-state index contributed by atoms with van der Waals surface area (Å²) in [5.74, 6) is 0. The number of H-pyrrole nitrogens is 1. The monoisotopic (exact) mass is 280 g/mol. The number of aromatic nitrogens is 2. The molecule has 2 heterocycles. The molecule has 1 aliphatic heterocycles. The number of hydrogen-bond donors (Lipinski definition) is 5. The Morgan fingerprint density at radius 2 is 1.95 bits per heavy atom. The van der Waals surface area contributed by atoms with Crippen LogP contribution in [0.1, 0.15) is 0 Å². The zero-order valence-electron chi connectivity index (χ0n) is 9.51. The molecule has 0 aliphatic carbocycles. The Labute approximate surface area is 105 Å². The molecule has 1 unspecified atom stereocenters. The van der Waals surface area contributed by atoms with Crippen LogP contribution in [0, 0.1) is 0 Å². The van der Waals surface area contributed by atoms with Gasteiger partial charge < -0.3 is 25.2 Å². The van der Waals surface area contributed by atoms with E-state index in [1.807, 2.05) is 0 Å². The van der Waals surface area contributed by atoms with Crippen LogP contribution in [-0.2, 0) is 4.74 Å². The number of rotatable bonds is 1. The second-order valence-electron chi connectivity index (χ2n) is 3.65. The summed E-state index contributed by atoms with van der Waals surface area (Å²) in [5, 5.41) is 35.0. The van der Waals surface area contributed by atoms with Crippen LogP contribution in [0.25, 0.3) is 0 Å². The van der Waals surface area contributed by atoms with E-state index in [1.54, 1.807) is 4.98 Å². The van der Waals surface area contributed by atoms with Gasteiger partial charge >= 0.3 is 5.69 Å². The Hall–Kier alpha value is -1.59. The zero-order valence-corrected chi connectivity index (χ0v) is 9.51. The summed E-state index contributed by atoms with van der Waals surface area (Å²) in [4.78, 5) is 21.9. The highest BCUT2D eigenvalue weighted by Gasteiger charge is 2.41. The number of nitrogens with zero attached hydrogens (tertiary/aromatic N) is 1. The molecule has 4 atom stereocenters. The molecule has 0 aromatic carbocycles. The van der Waals surface area contributed by atoms with Gasteiger partial charge in [0.2, 0.25) is 0 Å². The van der Waals surface area contributed by atoms with Gasteiger partial charge in [-0.05, 0) is 0 Å². The molecule has 0 spiro atoms. The Morgan fingerprint density at radius 3 is 2.26 bits per heavy atom. The Morgan fingerprint density at radius 1 is 1.32 bits per heavy atom. The van der Waals surface area contributed by atoms with Gasteiger partial charge in [0.05, 0.1) is 6.61 Å². The summed E-state index contributed by atoms with van der Waals surface area (Å²) in [5.41, 5.74) is -1.66. The Kier molecular flexibility index (Phi) is 5.32. The van der Waals surface area contributed by atoms with Gasteiger partial charge in [-0.1, -0.05) is 4.48 Å². The third kappa shape index (κ3) is 3.94. The topological polar surface area (TPSA) is 145 Å². The van der Waals surface area contributed by atoms with Crippen molar-refractivity contribution in [3.63, 3.8) is 0 Å². The van der Waals surface area contributed by atoms with Crippen LogP contribution >= 0.6 is 0 Å². The third-order valence-corrected chi connectivity index (χ3v) is 2.30. The van der Waals surface area contributed by atoms with E-state index in [4.69, 9.17) is 20.4 Å². The number of hydrogen-bond acceptors (Lipinski definition) is 7. The van der Waals surface area contributed by atoms with E-state index in [0.717, 1.165) is 12.3 Å². The van der Waals surface area contributed by atoms with Crippen LogP contribution in [0.5, 0.6) is 0 Å². The van der Waals surface area contributed by atoms with Crippen LogP contribution in [0.2, 0.25) is 0 Å². The van der Waals surface area contributed by atoms with E-state index < -0.39 is 42.5 Å². The van der Waals surface area contributed by atoms with Crippen molar-refractivity contribution in [2.24, 2.45) is 0 Å². The predicted octanol–water partition coefficient (Wildman–Crippen LogP) is -3.31. The van der Waals surface area contributed by atoms with Gasteiger partial charge in [-0.3, -0.25) is 9.78 Å². The van der Waals surface area contributed by atoms with E-state index >= 15 is 0 Å². The fourth-order valence-corrected chi connectivity index (χ4v) is 1.28. The van der Waals surface area contributed by atoms with E-state index in [1.165, 1.54) is 0 Å². The number of nitrogens with one attached hydrogen (secondary N) is 1. The van der Waals surface area contributed by atoms with Crippen molar-refractivity contribution in [1.29, 1.82) is 0 Å². The first kappa shape index (κ1) is 15.5. The number of ether oxygens (including phenoxy) is 1. The largest absolute Gasteiger partial charge is 0.394 e. The maximum absolute atomic E-state index is 11.9. The smallest absolute Gasteiger partial charge is 0.356 e. The van der Waals surface area contributed by atoms with Crippen molar-refractivity contribution in [3.8, 4) is 0 Å². The fourth-order valence-electron chi connectivity index (χ4n) is 1.28. The maximum Gasteiger partial charge on any atom is 0.356 e. The van der Waals surface area contributed by atoms with Gasteiger partial charge in [0.15, 0.2) is 6.29 Å². The van der Waals surface area contributed by atoms with Crippen LogP contribution in [0.15, 0.2) is 21.9 Å². The lowest BCUT2D eigenvalue weighted by Gasteiger charge is -2.09. The van der Waals surface area contributed by atoms with E-state index in [0.29, 0.717) is 0 Å². The molecule has 0 radical (unpaired) electrons. The molecular weight excluding hydrogens is 267 g/mol. The van der Waals surface area contributed by atoms with E-state index in [2.05, 4.69) is 4.74 Å². The first-order valence-corrected chi connectivity index (χ1v) is 5.15. The molecule has 108 valence electrons. The number of aliphatic hydroxyl groups is 4. The zero-order chi connectivity index (χ0) is 14.6. The van der Waals surface area contributed by atoms with Crippen LogP contribution in [-0.4, -0.2) is 61.4 Å². The lowest BCUT2D eigenvalue weighted by atomic mass is 10.1. The van der Waals surface area contributed by atoms with Gasteiger partial charge in [-0.15, -0.1) is 4.79 Å². The normalized spacial score (nSPS) is 29.7. The number of aliphatic hydroxyl groups excluding tert-OH is 4.